The number of nitrogens with zero attached hydrogens (tertiary/aromatic N) is 2. The molecule has 0 aliphatic carbocycles. The lowest BCUT2D eigenvalue weighted by molar-refractivity contribution is 0.503. The third-order valence-corrected chi connectivity index (χ3v) is 5.72. The zero-order valence-corrected chi connectivity index (χ0v) is 18.0. The number of rotatable bonds is 6. The average Bonchev–Trinajstić information content (AvgIpc) is 2.82. The molecule has 0 bridgehead atoms. The highest BCUT2D eigenvalue weighted by Gasteiger charge is 2.22. The molecule has 2 N–H and O–H groups in total. The summed E-state index contributed by atoms with van der Waals surface area (Å²) in [7, 11) is 0. The monoisotopic (exact) mass is 447 g/mol. The van der Waals surface area contributed by atoms with Crippen molar-refractivity contribution >= 4 is 0 Å². The molecule has 1 aromatic heterocycles. The van der Waals surface area contributed by atoms with Crippen LogP contribution in [0.2, 0.25) is 0 Å². The zero-order chi connectivity index (χ0) is 23.5. The zero-order valence-electron chi connectivity index (χ0n) is 18.0. The van der Waals surface area contributed by atoms with E-state index in [1.807, 2.05) is 18.2 Å². The quantitative estimate of drug-likeness (QED) is 0.486. The molecule has 0 aliphatic heterocycles. The van der Waals surface area contributed by atoms with Crippen LogP contribution in [0.3, 0.4) is 0 Å². The molecule has 1 atom stereocenters. The van der Waals surface area contributed by atoms with Gasteiger partial charge in [-0.15, -0.1) is 0 Å². The van der Waals surface area contributed by atoms with Crippen molar-refractivity contribution in [1.29, 1.82) is 0 Å². The Labute approximate surface area is 189 Å². The molecule has 0 amide bonds. The molecule has 0 unspecified atom stereocenters. The van der Waals surface area contributed by atoms with Crippen molar-refractivity contribution in [3.8, 4) is 11.1 Å². The van der Waals surface area contributed by atoms with Crippen LogP contribution in [0.25, 0.3) is 11.1 Å². The largest absolute Gasteiger partial charge is 0.331 e. The number of halogens is 2. The normalized spacial score (nSPS) is 12.0. The summed E-state index contributed by atoms with van der Waals surface area (Å²) in [6.45, 7) is 1.34. The predicted octanol–water partition coefficient (Wildman–Crippen LogP) is 4.01. The molecule has 0 aliphatic rings. The first-order valence-electron chi connectivity index (χ1n) is 10.5. The van der Waals surface area contributed by atoms with Crippen LogP contribution < -0.4 is 17.0 Å². The lowest BCUT2D eigenvalue weighted by Crippen LogP contribution is -2.44. The van der Waals surface area contributed by atoms with E-state index in [0.717, 1.165) is 10.1 Å². The van der Waals surface area contributed by atoms with E-state index in [1.54, 1.807) is 43.3 Å². The molecule has 4 rings (SSSR count). The van der Waals surface area contributed by atoms with Crippen molar-refractivity contribution in [1.82, 2.24) is 9.13 Å². The van der Waals surface area contributed by atoms with Crippen LogP contribution in [0.5, 0.6) is 0 Å². The molecule has 7 heteroatoms. The fraction of sp³-hybridized carbons (Fsp3) is 0.154. The molecule has 1 heterocycles. The van der Waals surface area contributed by atoms with Crippen molar-refractivity contribution < 1.29 is 8.78 Å². The Balaban J connectivity index is 1.93. The fourth-order valence-corrected chi connectivity index (χ4v) is 3.92. The lowest BCUT2D eigenvalue weighted by atomic mass is 10.0. The molecule has 0 spiro atoms. The Kier molecular flexibility index (Phi) is 6.33. The van der Waals surface area contributed by atoms with Crippen molar-refractivity contribution in [3.05, 3.63) is 128 Å². The Bertz CT molecular complexity index is 1410. The molecule has 0 radical (unpaired) electrons. The van der Waals surface area contributed by atoms with Crippen LogP contribution in [0.4, 0.5) is 8.78 Å². The van der Waals surface area contributed by atoms with Gasteiger partial charge in [-0.2, -0.15) is 0 Å². The summed E-state index contributed by atoms with van der Waals surface area (Å²) in [6.07, 6.45) is 0. The third kappa shape index (κ3) is 4.40. The first-order chi connectivity index (χ1) is 15.9. The Morgan fingerprint density at radius 3 is 2.09 bits per heavy atom. The summed E-state index contributed by atoms with van der Waals surface area (Å²) in [4.78, 5) is 26.9. The van der Waals surface area contributed by atoms with Gasteiger partial charge in [0.1, 0.15) is 11.6 Å². The van der Waals surface area contributed by atoms with Gasteiger partial charge in [0.2, 0.25) is 0 Å². The molecule has 5 nitrogen and oxygen atoms in total. The molecule has 0 saturated carbocycles. The van der Waals surface area contributed by atoms with E-state index in [-0.39, 0.29) is 35.5 Å². The topological polar surface area (TPSA) is 70.0 Å². The maximum atomic E-state index is 14.7. The van der Waals surface area contributed by atoms with Gasteiger partial charge in [0.15, 0.2) is 0 Å². The molecule has 168 valence electrons. The second kappa shape index (κ2) is 9.34. The molecule has 0 saturated heterocycles. The Hall–Kier alpha value is -3.84. The van der Waals surface area contributed by atoms with E-state index < -0.39 is 28.9 Å². The van der Waals surface area contributed by atoms with Gasteiger partial charge in [-0.05, 0) is 24.6 Å². The highest BCUT2D eigenvalue weighted by atomic mass is 19.1. The summed E-state index contributed by atoms with van der Waals surface area (Å²) in [5.74, 6) is -1.07. The molecule has 4 aromatic rings. The van der Waals surface area contributed by atoms with Crippen LogP contribution in [0, 0.1) is 18.6 Å². The van der Waals surface area contributed by atoms with Crippen molar-refractivity contribution in [3.63, 3.8) is 0 Å². The van der Waals surface area contributed by atoms with Crippen LogP contribution in [-0.4, -0.2) is 9.13 Å². The van der Waals surface area contributed by atoms with Crippen molar-refractivity contribution in [2.24, 2.45) is 5.73 Å². The summed E-state index contributed by atoms with van der Waals surface area (Å²) < 4.78 is 31.4. The molecule has 0 fully saturated rings. The highest BCUT2D eigenvalue weighted by Crippen LogP contribution is 2.23. The first-order valence-corrected chi connectivity index (χ1v) is 10.5. The number of hydrogen-bond acceptors (Lipinski definition) is 3. The van der Waals surface area contributed by atoms with E-state index in [1.165, 1.54) is 28.8 Å². The number of nitrogens with two attached hydrogens (primary N) is 1. The van der Waals surface area contributed by atoms with Crippen LogP contribution in [0.15, 0.2) is 88.5 Å². The Morgan fingerprint density at radius 1 is 0.818 bits per heavy atom. The second-order valence-electron chi connectivity index (χ2n) is 7.83. The van der Waals surface area contributed by atoms with Gasteiger partial charge < -0.3 is 5.73 Å². The van der Waals surface area contributed by atoms with Crippen LogP contribution >= 0.6 is 0 Å². The van der Waals surface area contributed by atoms with Gasteiger partial charge in [-0.1, -0.05) is 66.7 Å². The summed E-state index contributed by atoms with van der Waals surface area (Å²) in [5.41, 5.74) is 6.43. The van der Waals surface area contributed by atoms with Gasteiger partial charge in [0.25, 0.3) is 5.56 Å². The van der Waals surface area contributed by atoms with Crippen LogP contribution in [0.1, 0.15) is 22.9 Å². The minimum Gasteiger partial charge on any atom is -0.322 e. The van der Waals surface area contributed by atoms with E-state index in [9.17, 15) is 18.4 Å². The number of benzene rings is 3. The fourth-order valence-electron chi connectivity index (χ4n) is 3.92. The summed E-state index contributed by atoms with van der Waals surface area (Å²) in [6, 6.07) is 20.4. The SMILES string of the molecule is Cc1c(-c2ccccc2F)c(=O)n(C[C@H](N)c2ccccc2)c(=O)n1Cc1ccccc1F. The van der Waals surface area contributed by atoms with Gasteiger partial charge in [0.05, 0.1) is 18.7 Å². The molecule has 3 aromatic carbocycles. The standard InChI is InChI=1S/C26H23F2N3O2/c1-17-24(20-12-6-8-14-22(20)28)25(32)31(16-23(29)18-9-3-2-4-10-18)26(33)30(17)15-19-11-5-7-13-21(19)27/h2-14,23H,15-16,29H2,1H3/t23-/m0/s1. The average molecular weight is 447 g/mol. The highest BCUT2D eigenvalue weighted by molar-refractivity contribution is 5.65. The smallest absolute Gasteiger partial charge is 0.322 e. The molecule has 33 heavy (non-hydrogen) atoms. The third-order valence-electron chi connectivity index (χ3n) is 5.72. The predicted molar refractivity (Wildman–Crippen MR) is 124 cm³/mol. The van der Waals surface area contributed by atoms with Crippen molar-refractivity contribution in [2.45, 2.75) is 26.1 Å². The summed E-state index contributed by atoms with van der Waals surface area (Å²) >= 11 is 0. The second-order valence-corrected chi connectivity index (χ2v) is 7.83. The number of hydrogen-bond donors (Lipinski definition) is 1. The maximum Gasteiger partial charge on any atom is 0.331 e. The first kappa shape index (κ1) is 22.4. The van der Waals surface area contributed by atoms with E-state index >= 15 is 0 Å². The minimum atomic E-state index is -0.644. The van der Waals surface area contributed by atoms with Crippen molar-refractivity contribution in [2.75, 3.05) is 0 Å². The maximum absolute atomic E-state index is 14.7. The van der Waals surface area contributed by atoms with E-state index in [2.05, 4.69) is 0 Å². The van der Waals surface area contributed by atoms with E-state index in [4.69, 9.17) is 5.73 Å². The van der Waals surface area contributed by atoms with Gasteiger partial charge in [-0.3, -0.25) is 13.9 Å². The minimum absolute atomic E-state index is 0.0456. The van der Waals surface area contributed by atoms with Crippen LogP contribution in [-0.2, 0) is 13.1 Å². The Morgan fingerprint density at radius 2 is 1.42 bits per heavy atom. The van der Waals surface area contributed by atoms with Gasteiger partial charge in [-0.25, -0.2) is 13.6 Å². The van der Waals surface area contributed by atoms with Gasteiger partial charge in [0, 0.05) is 22.9 Å². The van der Waals surface area contributed by atoms with Gasteiger partial charge >= 0.3 is 5.69 Å². The van der Waals surface area contributed by atoms with E-state index in [0.29, 0.717) is 0 Å². The lowest BCUT2D eigenvalue weighted by Gasteiger charge is -2.20. The molecular weight excluding hydrogens is 424 g/mol. The number of aromatic nitrogens is 2. The summed E-state index contributed by atoms with van der Waals surface area (Å²) in [5, 5.41) is 0. The molecular formula is C26H23F2N3O2.